The van der Waals surface area contributed by atoms with Crippen LogP contribution in [0.3, 0.4) is 0 Å². The van der Waals surface area contributed by atoms with Crippen LogP contribution in [0.2, 0.25) is 0 Å². The Morgan fingerprint density at radius 3 is 2.58 bits per heavy atom. The van der Waals surface area contributed by atoms with Gasteiger partial charge in [-0.25, -0.2) is 13.1 Å². The number of hydrogen-bond donors (Lipinski definition) is 1. The number of nitrogens with one attached hydrogen (secondary N) is 1. The first-order valence-corrected chi connectivity index (χ1v) is 8.07. The molecule has 1 aromatic heterocycles. The minimum Gasteiger partial charge on any atom is -0.455 e. The monoisotopic (exact) mass is 297 g/mol. The molecule has 0 radical (unpaired) electrons. The van der Waals surface area contributed by atoms with Crippen LogP contribution in [0.4, 0.5) is 0 Å². The Bertz CT molecular complexity index is 690. The van der Waals surface area contributed by atoms with Crippen LogP contribution in [-0.2, 0) is 10.0 Å². The molecule has 2 rings (SSSR count). The molecule has 0 spiro atoms. The van der Waals surface area contributed by atoms with Crippen LogP contribution >= 0.6 is 11.3 Å². The summed E-state index contributed by atoms with van der Waals surface area (Å²) in [7, 11) is -2.10. The van der Waals surface area contributed by atoms with Gasteiger partial charge in [-0.15, -0.1) is 11.3 Å². The highest BCUT2D eigenvalue weighted by atomic mass is 32.2. The lowest BCUT2D eigenvalue weighted by Crippen LogP contribution is -2.17. The Kier molecular flexibility index (Phi) is 3.93. The zero-order valence-electron chi connectivity index (χ0n) is 10.9. The van der Waals surface area contributed by atoms with Gasteiger partial charge in [-0.2, -0.15) is 0 Å². The first-order chi connectivity index (χ1) is 8.95. The number of benzene rings is 1. The molecule has 1 heterocycles. The lowest BCUT2D eigenvalue weighted by atomic mass is 10.1. The second-order valence-corrected chi connectivity index (χ2v) is 7.08. The average Bonchev–Trinajstić information content (AvgIpc) is 2.84. The molecule has 0 aliphatic carbocycles. The van der Waals surface area contributed by atoms with Crippen LogP contribution in [0.25, 0.3) is 0 Å². The summed E-state index contributed by atoms with van der Waals surface area (Å²) in [6.45, 7) is 3.93. The quantitative estimate of drug-likeness (QED) is 0.943. The summed E-state index contributed by atoms with van der Waals surface area (Å²) in [5.74, 6) is 1.03. The van der Waals surface area contributed by atoms with Gasteiger partial charge >= 0.3 is 0 Å². The third-order valence-corrected chi connectivity index (χ3v) is 5.74. The minimum atomic E-state index is -3.49. The van der Waals surface area contributed by atoms with Crippen molar-refractivity contribution >= 4 is 21.4 Å². The summed E-state index contributed by atoms with van der Waals surface area (Å²) in [4.78, 5) is 0. The Morgan fingerprint density at radius 1 is 1.16 bits per heavy atom. The van der Waals surface area contributed by atoms with Crippen molar-refractivity contribution in [3.8, 4) is 11.5 Å². The van der Waals surface area contributed by atoms with Crippen molar-refractivity contribution in [1.82, 2.24) is 4.72 Å². The predicted octanol–water partition coefficient (Wildman–Crippen LogP) is 3.07. The molecule has 0 bridgehead atoms. The van der Waals surface area contributed by atoms with Crippen molar-refractivity contribution in [2.75, 3.05) is 7.05 Å². The summed E-state index contributed by atoms with van der Waals surface area (Å²) < 4.78 is 31.9. The largest absolute Gasteiger partial charge is 0.455 e. The van der Waals surface area contributed by atoms with Gasteiger partial charge in [-0.1, -0.05) is 12.1 Å². The summed E-state index contributed by atoms with van der Waals surface area (Å²) in [6.07, 6.45) is 0. The molecule has 0 amide bonds. The standard InChI is InChI=1S/C13H15NO3S2/c1-9-5-4-6-11(10(9)2)17-12-7-8-18-13(12)19(15,16)14-3/h4-8,14H,1-3H3. The van der Waals surface area contributed by atoms with Gasteiger partial charge in [0.15, 0.2) is 9.96 Å². The zero-order chi connectivity index (χ0) is 14.0. The van der Waals surface area contributed by atoms with Gasteiger partial charge in [0.05, 0.1) is 0 Å². The van der Waals surface area contributed by atoms with Crippen molar-refractivity contribution in [3.63, 3.8) is 0 Å². The molecule has 4 nitrogen and oxygen atoms in total. The molecule has 1 N–H and O–H groups in total. The number of thiophene rings is 1. The van der Waals surface area contributed by atoms with Crippen molar-refractivity contribution in [3.05, 3.63) is 40.8 Å². The normalized spacial score (nSPS) is 11.5. The summed E-state index contributed by atoms with van der Waals surface area (Å²) in [6, 6.07) is 7.36. The van der Waals surface area contributed by atoms with Gasteiger partial charge < -0.3 is 4.74 Å². The highest BCUT2D eigenvalue weighted by Gasteiger charge is 2.20. The lowest BCUT2D eigenvalue weighted by Gasteiger charge is -2.10. The van der Waals surface area contributed by atoms with Crippen LogP contribution in [0.15, 0.2) is 33.9 Å². The predicted molar refractivity (Wildman–Crippen MR) is 76.6 cm³/mol. The van der Waals surface area contributed by atoms with Crippen LogP contribution in [0, 0.1) is 13.8 Å². The number of aryl methyl sites for hydroxylation is 1. The lowest BCUT2D eigenvalue weighted by molar-refractivity contribution is 0.468. The van der Waals surface area contributed by atoms with E-state index in [0.717, 1.165) is 22.5 Å². The van der Waals surface area contributed by atoms with E-state index in [0.29, 0.717) is 11.5 Å². The molecule has 0 unspecified atom stereocenters. The maximum atomic E-state index is 11.8. The minimum absolute atomic E-state index is 0.191. The molecular weight excluding hydrogens is 282 g/mol. The van der Waals surface area contributed by atoms with Gasteiger partial charge in [0.2, 0.25) is 0 Å². The summed E-state index contributed by atoms with van der Waals surface area (Å²) >= 11 is 1.13. The second kappa shape index (κ2) is 5.32. The number of rotatable bonds is 4. The van der Waals surface area contributed by atoms with Crippen molar-refractivity contribution in [1.29, 1.82) is 0 Å². The molecule has 6 heteroatoms. The maximum absolute atomic E-state index is 11.8. The van der Waals surface area contributed by atoms with E-state index in [9.17, 15) is 8.42 Å². The molecule has 0 saturated carbocycles. The third-order valence-electron chi connectivity index (χ3n) is 2.88. The highest BCUT2D eigenvalue weighted by Crippen LogP contribution is 2.34. The molecule has 0 aliphatic heterocycles. The zero-order valence-corrected chi connectivity index (χ0v) is 12.6. The summed E-state index contributed by atoms with van der Waals surface area (Å²) in [5.41, 5.74) is 2.10. The van der Waals surface area contributed by atoms with Crippen molar-refractivity contribution in [2.24, 2.45) is 0 Å². The second-order valence-electron chi connectivity index (χ2n) is 4.08. The Morgan fingerprint density at radius 2 is 1.89 bits per heavy atom. The molecule has 1 aromatic carbocycles. The van der Waals surface area contributed by atoms with Crippen LogP contribution < -0.4 is 9.46 Å². The Labute approximate surface area is 117 Å². The van der Waals surface area contributed by atoms with E-state index in [-0.39, 0.29) is 4.21 Å². The van der Waals surface area contributed by atoms with E-state index >= 15 is 0 Å². The van der Waals surface area contributed by atoms with Crippen molar-refractivity contribution in [2.45, 2.75) is 18.1 Å². The fraction of sp³-hybridized carbons (Fsp3) is 0.231. The first-order valence-electron chi connectivity index (χ1n) is 5.71. The van der Waals surface area contributed by atoms with Crippen molar-refractivity contribution < 1.29 is 13.2 Å². The van der Waals surface area contributed by atoms with E-state index in [1.54, 1.807) is 11.4 Å². The summed E-state index contributed by atoms with van der Waals surface area (Å²) in [5, 5.41) is 1.70. The fourth-order valence-electron chi connectivity index (χ4n) is 1.60. The van der Waals surface area contributed by atoms with Crippen LogP contribution in [0.1, 0.15) is 11.1 Å². The average molecular weight is 297 g/mol. The van der Waals surface area contributed by atoms with E-state index in [1.807, 2.05) is 32.0 Å². The maximum Gasteiger partial charge on any atom is 0.253 e. The van der Waals surface area contributed by atoms with Gasteiger partial charge in [0.1, 0.15) is 5.75 Å². The number of sulfonamides is 1. The van der Waals surface area contributed by atoms with E-state index in [2.05, 4.69) is 4.72 Å². The van der Waals surface area contributed by atoms with E-state index in [4.69, 9.17) is 4.74 Å². The van der Waals surface area contributed by atoms with Crippen LogP contribution in [-0.4, -0.2) is 15.5 Å². The molecular formula is C13H15NO3S2. The Hall–Kier alpha value is -1.37. The molecule has 0 aliphatic rings. The molecule has 0 atom stereocenters. The molecule has 102 valence electrons. The third kappa shape index (κ3) is 2.80. The van der Waals surface area contributed by atoms with E-state index in [1.165, 1.54) is 7.05 Å². The molecule has 0 fully saturated rings. The van der Waals surface area contributed by atoms with Gasteiger partial charge in [0, 0.05) is 0 Å². The number of ether oxygens (including phenoxy) is 1. The molecule has 0 saturated heterocycles. The first kappa shape index (κ1) is 14.0. The molecule has 2 aromatic rings. The molecule has 19 heavy (non-hydrogen) atoms. The van der Waals surface area contributed by atoms with Gasteiger partial charge in [-0.3, -0.25) is 0 Å². The SMILES string of the molecule is CNS(=O)(=O)c1sccc1Oc1cccc(C)c1C. The highest BCUT2D eigenvalue weighted by molar-refractivity contribution is 7.91. The Balaban J connectivity index is 2.41. The van der Waals surface area contributed by atoms with Crippen LogP contribution in [0.5, 0.6) is 11.5 Å². The fourth-order valence-corrected chi connectivity index (χ4v) is 3.63. The van der Waals surface area contributed by atoms with Gasteiger partial charge in [0.25, 0.3) is 10.0 Å². The smallest absolute Gasteiger partial charge is 0.253 e. The van der Waals surface area contributed by atoms with E-state index < -0.39 is 10.0 Å². The topological polar surface area (TPSA) is 55.4 Å². The van der Waals surface area contributed by atoms with Gasteiger partial charge in [-0.05, 0) is 49.5 Å². The number of hydrogen-bond acceptors (Lipinski definition) is 4.